The molecule has 0 unspecified atom stereocenters. The first-order valence-electron chi connectivity index (χ1n) is 8.46. The predicted molar refractivity (Wildman–Crippen MR) is 103 cm³/mol. The van der Waals surface area contributed by atoms with E-state index in [9.17, 15) is 14.7 Å². The van der Waals surface area contributed by atoms with E-state index >= 15 is 0 Å². The number of likely N-dealkylation sites (tertiary alicyclic amines) is 1. The number of carbonyl (C=O) groups is 1. The van der Waals surface area contributed by atoms with E-state index in [-0.39, 0.29) is 22.3 Å². The third-order valence-electron chi connectivity index (χ3n) is 3.92. The first kappa shape index (κ1) is 20.0. The molecule has 2 rings (SSSR count). The van der Waals surface area contributed by atoms with Crippen LogP contribution in [0.15, 0.2) is 23.0 Å². The number of aromatic nitrogens is 2. The number of ether oxygens (including phenoxy) is 1. The van der Waals surface area contributed by atoms with Gasteiger partial charge in [-0.05, 0) is 51.9 Å². The summed E-state index contributed by atoms with van der Waals surface area (Å²) in [6, 6.07) is 0. The van der Waals surface area contributed by atoms with Crippen molar-refractivity contribution >= 4 is 24.4 Å². The lowest BCUT2D eigenvalue weighted by Crippen LogP contribution is -2.40. The molecule has 1 saturated heterocycles. The number of amides is 1. The minimum absolute atomic E-state index is 0.147. The molecule has 8 heteroatoms. The molecule has 0 aromatic carbocycles. The van der Waals surface area contributed by atoms with Gasteiger partial charge in [0.15, 0.2) is 4.77 Å². The van der Waals surface area contributed by atoms with Crippen LogP contribution in [-0.2, 0) is 11.3 Å². The van der Waals surface area contributed by atoms with Crippen LogP contribution in [0, 0.1) is 4.77 Å². The van der Waals surface area contributed by atoms with Crippen LogP contribution in [0.25, 0.3) is 6.08 Å². The normalized spacial score (nSPS) is 14.9. The highest BCUT2D eigenvalue weighted by Gasteiger charge is 2.25. The fraction of sp³-hybridized carbons (Fsp3) is 0.500. The molecule has 1 aromatic rings. The van der Waals surface area contributed by atoms with Gasteiger partial charge in [0.1, 0.15) is 5.60 Å². The van der Waals surface area contributed by atoms with Crippen molar-refractivity contribution in [3.05, 3.63) is 38.9 Å². The van der Waals surface area contributed by atoms with Crippen LogP contribution >= 0.6 is 12.2 Å². The molecule has 7 nitrogen and oxygen atoms in total. The Balaban J connectivity index is 2.17. The summed E-state index contributed by atoms with van der Waals surface area (Å²) in [4.78, 5) is 28.5. The largest absolute Gasteiger partial charge is 0.494 e. The molecule has 0 saturated carbocycles. The van der Waals surface area contributed by atoms with Crippen LogP contribution in [-0.4, -0.2) is 44.3 Å². The fourth-order valence-corrected chi connectivity index (χ4v) is 2.91. The summed E-state index contributed by atoms with van der Waals surface area (Å²) in [5, 5.41) is 10.4. The first-order valence-corrected chi connectivity index (χ1v) is 8.87. The average Bonchev–Trinajstić information content (AvgIpc) is 2.54. The summed E-state index contributed by atoms with van der Waals surface area (Å²) in [6.45, 7) is 10.4. The minimum atomic E-state index is -0.531. The van der Waals surface area contributed by atoms with Gasteiger partial charge in [-0.25, -0.2) is 4.79 Å². The average molecular weight is 379 g/mol. The van der Waals surface area contributed by atoms with Crippen LogP contribution in [0.5, 0.6) is 5.88 Å². The molecule has 2 N–H and O–H groups in total. The lowest BCUT2D eigenvalue weighted by molar-refractivity contribution is 0.0237. The van der Waals surface area contributed by atoms with Gasteiger partial charge < -0.3 is 14.7 Å². The molecule has 0 bridgehead atoms. The van der Waals surface area contributed by atoms with Crippen molar-refractivity contribution in [2.45, 2.75) is 45.8 Å². The van der Waals surface area contributed by atoms with Gasteiger partial charge in [-0.15, -0.1) is 6.58 Å². The van der Waals surface area contributed by atoms with Gasteiger partial charge >= 0.3 is 6.09 Å². The summed E-state index contributed by atoms with van der Waals surface area (Å²) in [6.07, 6.45) is 4.14. The van der Waals surface area contributed by atoms with Crippen molar-refractivity contribution in [2.75, 3.05) is 13.1 Å². The Bertz CT molecular complexity index is 835. The van der Waals surface area contributed by atoms with E-state index in [1.54, 1.807) is 17.1 Å². The van der Waals surface area contributed by atoms with Crippen molar-refractivity contribution in [3.63, 3.8) is 0 Å². The highest BCUT2D eigenvalue weighted by Crippen LogP contribution is 2.23. The van der Waals surface area contributed by atoms with Gasteiger partial charge in [0.05, 0.1) is 5.56 Å². The van der Waals surface area contributed by atoms with E-state index in [1.807, 2.05) is 20.8 Å². The number of hydrogen-bond acceptors (Lipinski definition) is 5. The number of allylic oxidation sites excluding steroid dienone is 1. The Labute approximate surface area is 157 Å². The smallest absolute Gasteiger partial charge is 0.410 e. The van der Waals surface area contributed by atoms with Gasteiger partial charge in [0.25, 0.3) is 5.56 Å². The maximum absolute atomic E-state index is 12.2. The molecule has 0 radical (unpaired) electrons. The van der Waals surface area contributed by atoms with Gasteiger partial charge in [-0.1, -0.05) is 11.6 Å². The van der Waals surface area contributed by atoms with Gasteiger partial charge in [-0.2, -0.15) is 0 Å². The van der Waals surface area contributed by atoms with Crippen molar-refractivity contribution in [1.29, 1.82) is 0 Å². The van der Waals surface area contributed by atoms with Crippen molar-refractivity contribution < 1.29 is 14.6 Å². The van der Waals surface area contributed by atoms with Gasteiger partial charge in [0.2, 0.25) is 5.88 Å². The van der Waals surface area contributed by atoms with E-state index in [2.05, 4.69) is 11.6 Å². The Morgan fingerprint density at radius 3 is 2.54 bits per heavy atom. The number of rotatable bonds is 3. The predicted octanol–water partition coefficient (Wildman–Crippen LogP) is 3.21. The zero-order chi connectivity index (χ0) is 19.5. The van der Waals surface area contributed by atoms with Crippen LogP contribution in [0.1, 0.15) is 39.2 Å². The standard InChI is InChI=1S/C18H25N3O4S/c1-5-8-21-15(23)13(14(22)19-16(21)26)11-12-6-9-20(10-7-12)17(24)25-18(2,3)4/h5,11,23H,1,6-10H2,2-4H3,(H,19,22,26). The number of aromatic amines is 1. The van der Waals surface area contributed by atoms with E-state index < -0.39 is 11.2 Å². The van der Waals surface area contributed by atoms with Crippen LogP contribution in [0.4, 0.5) is 4.79 Å². The fourth-order valence-electron chi connectivity index (χ4n) is 2.66. The monoisotopic (exact) mass is 379 g/mol. The molecule has 1 fully saturated rings. The topological polar surface area (TPSA) is 87.6 Å². The zero-order valence-corrected chi connectivity index (χ0v) is 16.2. The SMILES string of the molecule is C=CCn1c(O)c(C=C2CCN(C(=O)OC(C)(C)C)CC2)c(=O)[nH]c1=S. The van der Waals surface area contributed by atoms with Crippen LogP contribution < -0.4 is 5.56 Å². The van der Waals surface area contributed by atoms with Crippen LogP contribution in [0.2, 0.25) is 0 Å². The summed E-state index contributed by atoms with van der Waals surface area (Å²) in [5.74, 6) is -0.180. The Morgan fingerprint density at radius 1 is 1.38 bits per heavy atom. The van der Waals surface area contributed by atoms with E-state index in [0.29, 0.717) is 32.5 Å². The van der Waals surface area contributed by atoms with Crippen molar-refractivity contribution in [1.82, 2.24) is 14.5 Å². The number of carbonyl (C=O) groups excluding carboxylic acids is 1. The first-order chi connectivity index (χ1) is 12.1. The number of nitrogens with one attached hydrogen (secondary N) is 1. The number of piperidine rings is 1. The summed E-state index contributed by atoms with van der Waals surface area (Å²) < 4.78 is 6.93. The highest BCUT2D eigenvalue weighted by molar-refractivity contribution is 7.71. The highest BCUT2D eigenvalue weighted by atomic mass is 32.1. The van der Waals surface area contributed by atoms with E-state index in [4.69, 9.17) is 17.0 Å². The van der Waals surface area contributed by atoms with Crippen molar-refractivity contribution in [3.8, 4) is 5.88 Å². The van der Waals surface area contributed by atoms with Gasteiger partial charge in [-0.3, -0.25) is 14.3 Å². The summed E-state index contributed by atoms with van der Waals surface area (Å²) >= 11 is 5.06. The third kappa shape index (κ3) is 4.85. The zero-order valence-electron chi connectivity index (χ0n) is 15.4. The lowest BCUT2D eigenvalue weighted by atomic mass is 10.0. The number of aromatic hydroxyl groups is 1. The molecule has 1 aliphatic heterocycles. The van der Waals surface area contributed by atoms with Gasteiger partial charge in [0, 0.05) is 19.6 Å². The summed E-state index contributed by atoms with van der Waals surface area (Å²) in [5.41, 5.74) is 0.181. The van der Waals surface area contributed by atoms with E-state index in [1.165, 1.54) is 4.57 Å². The molecule has 142 valence electrons. The van der Waals surface area contributed by atoms with Crippen LogP contribution in [0.3, 0.4) is 0 Å². The Hall–Kier alpha value is -2.35. The molecule has 1 aromatic heterocycles. The molecular formula is C18H25N3O4S. The third-order valence-corrected chi connectivity index (χ3v) is 4.25. The molecule has 1 aliphatic rings. The number of H-pyrrole nitrogens is 1. The molecule has 0 aliphatic carbocycles. The molecule has 26 heavy (non-hydrogen) atoms. The Kier molecular flexibility index (Phi) is 6.07. The number of hydrogen-bond donors (Lipinski definition) is 2. The molecular weight excluding hydrogens is 354 g/mol. The molecule has 2 heterocycles. The quantitative estimate of drug-likeness (QED) is 0.622. The minimum Gasteiger partial charge on any atom is -0.494 e. The van der Waals surface area contributed by atoms with E-state index in [0.717, 1.165) is 5.57 Å². The lowest BCUT2D eigenvalue weighted by Gasteiger charge is -2.31. The molecule has 1 amide bonds. The number of nitrogens with zero attached hydrogens (tertiary/aromatic N) is 2. The maximum atomic E-state index is 12.2. The second kappa shape index (κ2) is 7.90. The Morgan fingerprint density at radius 2 is 2.00 bits per heavy atom. The second-order valence-corrected chi connectivity index (χ2v) is 7.55. The molecule has 0 spiro atoms. The second-order valence-electron chi connectivity index (χ2n) is 7.17. The maximum Gasteiger partial charge on any atom is 0.410 e. The molecule has 0 atom stereocenters. The van der Waals surface area contributed by atoms with Crippen molar-refractivity contribution in [2.24, 2.45) is 0 Å². The summed E-state index contributed by atoms with van der Waals surface area (Å²) in [7, 11) is 0.